The summed E-state index contributed by atoms with van der Waals surface area (Å²) in [6, 6.07) is 6.56. The second-order valence-electron chi connectivity index (χ2n) is 14.5. The van der Waals surface area contributed by atoms with Crippen molar-refractivity contribution in [1.82, 2.24) is 30.5 Å². The van der Waals surface area contributed by atoms with Gasteiger partial charge < -0.3 is 64.6 Å². The van der Waals surface area contributed by atoms with Crippen LogP contribution < -0.4 is 26.4 Å². The molecule has 1 aliphatic heterocycles. The summed E-state index contributed by atoms with van der Waals surface area (Å²) < 4.78 is 67.7. The number of phosphoric acid groups is 2. The fourth-order valence-electron chi connectivity index (χ4n) is 6.44. The third-order valence-electron chi connectivity index (χ3n) is 9.65. The van der Waals surface area contributed by atoms with E-state index in [9.17, 15) is 33.4 Å². The van der Waals surface area contributed by atoms with Crippen LogP contribution in [0, 0.1) is 17.8 Å². The Bertz CT molecular complexity index is 2410. The van der Waals surface area contributed by atoms with E-state index in [4.69, 9.17) is 45.0 Å². The van der Waals surface area contributed by atoms with Crippen LogP contribution in [-0.2, 0) is 46.0 Å². The van der Waals surface area contributed by atoms with E-state index in [1.807, 2.05) is 0 Å². The number of phosphoric ester groups is 1. The number of anilines is 1. The number of aromatic nitrogens is 3. The summed E-state index contributed by atoms with van der Waals surface area (Å²) in [7, 11) is -12.9. The molecule has 67 heavy (non-hydrogen) atoms. The quantitative estimate of drug-likeness (QED) is 0.0137. The molecular weight excluding hydrogens is 947 g/mol. The summed E-state index contributed by atoms with van der Waals surface area (Å²) in [5.41, 5.74) is 24.9. The fraction of sp³-hybridized carbons (Fsp3) is 0.556. The smallest absolute Gasteiger partial charge is 0.486 e. The maximum absolute atomic E-state index is 12.6. The predicted octanol–water partition coefficient (Wildman–Crippen LogP) is 3.47. The lowest BCUT2D eigenvalue weighted by Crippen LogP contribution is -2.35. The van der Waals surface area contributed by atoms with Gasteiger partial charge in [0.2, 0.25) is 5.91 Å². The molecule has 364 valence electrons. The van der Waals surface area contributed by atoms with Crippen LogP contribution in [0.5, 0.6) is 5.75 Å². The largest absolute Gasteiger partial charge is 0.491 e. The zero-order chi connectivity index (χ0) is 48.2. The number of ether oxygens (including phenoxy) is 5. The van der Waals surface area contributed by atoms with Crippen molar-refractivity contribution in [1.29, 1.82) is 0 Å². The van der Waals surface area contributed by atoms with Gasteiger partial charge in [-0.1, -0.05) is 34.6 Å². The van der Waals surface area contributed by atoms with Gasteiger partial charge in [-0.3, -0.25) is 14.1 Å². The van der Waals surface area contributed by atoms with Crippen molar-refractivity contribution in [2.75, 3.05) is 78.3 Å². The van der Waals surface area contributed by atoms with Gasteiger partial charge in [-0.05, 0) is 54.6 Å². The number of azide groups is 2. The van der Waals surface area contributed by atoms with E-state index in [0.717, 1.165) is 19.1 Å². The first-order valence-electron chi connectivity index (χ1n) is 20.4. The zero-order valence-electron chi connectivity index (χ0n) is 35.9. The van der Waals surface area contributed by atoms with E-state index in [1.165, 1.54) is 25.6 Å². The number of rotatable bonds is 28. The topological polar surface area (TPSA) is 393 Å². The van der Waals surface area contributed by atoms with Crippen molar-refractivity contribution in [3.05, 3.63) is 68.8 Å². The predicted molar refractivity (Wildman–Crippen MR) is 236 cm³/mol. The van der Waals surface area contributed by atoms with E-state index >= 15 is 0 Å². The molecule has 5 unspecified atom stereocenters. The van der Waals surface area contributed by atoms with Gasteiger partial charge in [-0.15, -0.1) is 0 Å². The molecule has 3 aromatic rings. The third kappa shape index (κ3) is 17.6. The molecule has 0 spiro atoms. The van der Waals surface area contributed by atoms with Crippen molar-refractivity contribution in [2.45, 2.75) is 50.3 Å². The molecule has 1 saturated heterocycles. The maximum Gasteiger partial charge on any atom is 0.486 e. The molecule has 5 rings (SSSR count). The Morgan fingerprint density at radius 3 is 2.72 bits per heavy atom. The number of fused-ring (bicyclic) bond motifs is 1. The van der Waals surface area contributed by atoms with E-state index in [2.05, 4.69) is 66.4 Å². The Morgan fingerprint density at radius 1 is 1.15 bits per heavy atom. The Labute approximate surface area is 383 Å². The summed E-state index contributed by atoms with van der Waals surface area (Å²) in [5.74, 6) is 6.15. The number of amides is 2. The number of carbonyl (C=O) groups excluding carboxylic acids is 2. The Balaban J connectivity index is 1.07. The van der Waals surface area contributed by atoms with Crippen molar-refractivity contribution >= 4 is 52.7 Å². The van der Waals surface area contributed by atoms with E-state index in [0.29, 0.717) is 35.4 Å². The minimum Gasteiger partial charge on any atom is -0.491 e. The second-order valence-corrected chi connectivity index (χ2v) is 18.8. The summed E-state index contributed by atoms with van der Waals surface area (Å²) >= 11 is 0. The van der Waals surface area contributed by atoms with Crippen molar-refractivity contribution < 1.29 is 70.2 Å². The highest BCUT2D eigenvalue weighted by Gasteiger charge is 2.42. The Kier molecular flexibility index (Phi) is 21.0. The monoisotopic (exact) mass is 997 g/mol. The van der Waals surface area contributed by atoms with Gasteiger partial charge in [0.1, 0.15) is 55.8 Å². The van der Waals surface area contributed by atoms with E-state index < -0.39 is 67.9 Å². The highest BCUT2D eigenvalue weighted by atomic mass is 31.3. The molecule has 1 aromatic carbocycles. The van der Waals surface area contributed by atoms with Crippen LogP contribution in [-0.4, -0.2) is 132 Å². The molecule has 2 aromatic heterocycles. The van der Waals surface area contributed by atoms with Crippen LogP contribution in [0.4, 0.5) is 5.82 Å². The van der Waals surface area contributed by atoms with Crippen LogP contribution in [0.15, 0.2) is 47.0 Å². The fourth-order valence-corrected chi connectivity index (χ4v) is 9.59. The average Bonchev–Trinajstić information content (AvgIpc) is 3.85. The lowest BCUT2D eigenvalue weighted by atomic mass is 9.85. The second kappa shape index (κ2) is 26.5. The number of nitrogens with one attached hydrogen (secondary N) is 3. The number of hydrogen-bond acceptors (Lipinski definition) is 19. The van der Waals surface area contributed by atoms with E-state index in [1.54, 1.807) is 35.0 Å². The molecule has 0 bridgehead atoms. The normalized spacial score (nSPS) is 19.6. The van der Waals surface area contributed by atoms with Crippen LogP contribution in [0.25, 0.3) is 31.9 Å². The van der Waals surface area contributed by atoms with E-state index in [-0.39, 0.29) is 56.8 Å². The molecule has 2 aliphatic rings. The molecule has 1 saturated carbocycles. The molecular formula is C36H50N13O15P3. The third-order valence-corrected chi connectivity index (χ3v) is 13.5. The van der Waals surface area contributed by atoms with Crippen molar-refractivity contribution in [3.63, 3.8) is 0 Å². The number of benzene rings is 1. The number of nitrogens with two attached hydrogens (primary N) is 1. The summed E-state index contributed by atoms with van der Waals surface area (Å²) in [6.07, 6.45) is 2.55. The first-order valence-corrected chi connectivity index (χ1v) is 25.1. The lowest BCUT2D eigenvalue weighted by Gasteiger charge is -2.25. The van der Waals surface area contributed by atoms with Crippen LogP contribution in [0.1, 0.15) is 47.8 Å². The highest BCUT2D eigenvalue weighted by molar-refractivity contribution is 7.66. The average molecular weight is 998 g/mol. The van der Waals surface area contributed by atoms with Crippen LogP contribution in [0.3, 0.4) is 0 Å². The SMILES string of the molecule is CP(O)OP(=O)(O)OP(=O)(O)OC[C@H]1O[C@@H](n2cc(C#CCNC(=O)COCCOC(COc3cccc(C(=O)NCCNCC4CCC4)c3)N=[N+]=[N-])c3c(N)ncnc32)CC1OCN=[N+]=[N-]. The molecule has 7 atom stereocenters. The summed E-state index contributed by atoms with van der Waals surface area (Å²) in [4.78, 5) is 67.8. The Morgan fingerprint density at radius 2 is 1.97 bits per heavy atom. The van der Waals surface area contributed by atoms with Gasteiger partial charge in [-0.25, -0.2) is 23.4 Å². The zero-order valence-corrected chi connectivity index (χ0v) is 38.6. The molecule has 8 N–H and O–H groups in total. The van der Waals surface area contributed by atoms with Crippen LogP contribution in [0.2, 0.25) is 0 Å². The molecule has 3 heterocycles. The molecule has 28 nitrogen and oxygen atoms in total. The number of carbonyl (C=O) groups is 2. The van der Waals surface area contributed by atoms with Crippen molar-refractivity contribution in [3.8, 4) is 17.6 Å². The standard InChI is InChI=1S/C36H50N13O15P3/c1-65(52)63-67(55,56)64-66(53,54)61-19-29-28(60-23-45-47-38)16-32(62-29)49-18-26(33-34(37)43-22-44-35(33)49)8-4-10-41-30(50)20-57-13-14-58-31(46-48-39)21-59-27-9-3-7-25(15-27)36(51)42-12-11-40-17-24-5-2-6-24/h3,7,9,15,18,22,24,28-29,31-32,40,52H,2,5-6,10-14,16-17,19-21,23H2,1H3,(H,41,50)(H,42,51)(H,53,54)(H,55,56)(H2,37,43,44)/t28?,29-,31?,32-,65?/m1/s1. The first kappa shape index (κ1) is 53.0. The molecule has 31 heteroatoms. The number of hydrogen-bond donors (Lipinski definition) is 7. The maximum atomic E-state index is 12.6. The number of nitrogen functional groups attached to an aromatic ring is 1. The molecule has 0 radical (unpaired) electrons. The van der Waals surface area contributed by atoms with Gasteiger partial charge in [0.25, 0.3) is 5.91 Å². The minimum atomic E-state index is -5.26. The van der Waals surface area contributed by atoms with Gasteiger partial charge >= 0.3 is 15.6 Å². The molecule has 2 amide bonds. The van der Waals surface area contributed by atoms with Gasteiger partial charge in [0.15, 0.2) is 14.6 Å². The van der Waals surface area contributed by atoms with Crippen molar-refractivity contribution in [2.24, 2.45) is 16.1 Å². The lowest BCUT2D eigenvalue weighted by molar-refractivity contribution is -0.126. The first-order chi connectivity index (χ1) is 32.2. The molecule has 2 fully saturated rings. The number of nitrogens with zero attached hydrogens (tertiary/aromatic N) is 9. The Hall–Kier alpha value is -4.99. The minimum absolute atomic E-state index is 0.0356. The van der Waals surface area contributed by atoms with Gasteiger partial charge in [-0.2, -0.15) is 4.31 Å². The van der Waals surface area contributed by atoms with Crippen LogP contribution >= 0.6 is 24.0 Å². The summed E-state index contributed by atoms with van der Waals surface area (Å²) in [5, 5.41) is 16.1. The summed E-state index contributed by atoms with van der Waals surface area (Å²) in [6.45, 7) is 1.26. The van der Waals surface area contributed by atoms with Gasteiger partial charge in [0, 0.05) is 47.8 Å². The molecule has 1 aliphatic carbocycles. The highest BCUT2D eigenvalue weighted by Crippen LogP contribution is 2.64. The van der Waals surface area contributed by atoms with Gasteiger partial charge in [0.05, 0.1) is 43.4 Å².